The molecule has 0 bridgehead atoms. The lowest BCUT2D eigenvalue weighted by Gasteiger charge is -2.03. The van der Waals surface area contributed by atoms with E-state index in [1.54, 1.807) is 17.8 Å². The number of carbonyl (C=O) groups excluding carboxylic acids is 1. The van der Waals surface area contributed by atoms with E-state index in [4.69, 9.17) is 17.3 Å². The van der Waals surface area contributed by atoms with Gasteiger partial charge in [-0.2, -0.15) is 11.8 Å². The Labute approximate surface area is 125 Å². The van der Waals surface area contributed by atoms with Crippen LogP contribution in [0.3, 0.4) is 0 Å². The summed E-state index contributed by atoms with van der Waals surface area (Å²) in [4.78, 5) is 12.6. The highest BCUT2D eigenvalue weighted by molar-refractivity contribution is 7.98. The zero-order valence-corrected chi connectivity index (χ0v) is 12.9. The summed E-state index contributed by atoms with van der Waals surface area (Å²) in [5, 5.41) is 4.26. The van der Waals surface area contributed by atoms with Gasteiger partial charge in [0.2, 0.25) is 0 Å². The van der Waals surface area contributed by atoms with Crippen molar-refractivity contribution in [3.8, 4) is 0 Å². The first-order valence-corrected chi connectivity index (χ1v) is 8.47. The molecule has 1 aromatic heterocycles. The Morgan fingerprint density at radius 2 is 2.32 bits per heavy atom. The van der Waals surface area contributed by atoms with Gasteiger partial charge in [-0.15, -0.1) is 11.3 Å². The standard InChI is InChI=1S/C13H15ClN2OS2/c1-18-7-3-6-16-13(17)12-11(15)10-8(14)4-2-5-9(10)19-12/h2,4-5H,3,6-7,15H2,1H3,(H,16,17). The number of rotatable bonds is 5. The maximum absolute atomic E-state index is 12.1. The Kier molecular flexibility index (Phi) is 4.96. The van der Waals surface area contributed by atoms with E-state index < -0.39 is 0 Å². The second-order valence-electron chi connectivity index (χ2n) is 4.06. The van der Waals surface area contributed by atoms with Gasteiger partial charge in [0.25, 0.3) is 5.91 Å². The van der Waals surface area contributed by atoms with E-state index in [9.17, 15) is 4.79 Å². The van der Waals surface area contributed by atoms with Crippen molar-refractivity contribution < 1.29 is 4.79 Å². The quantitative estimate of drug-likeness (QED) is 0.829. The third kappa shape index (κ3) is 3.16. The third-order valence-electron chi connectivity index (χ3n) is 2.72. The van der Waals surface area contributed by atoms with Crippen LogP contribution in [0.2, 0.25) is 5.02 Å². The van der Waals surface area contributed by atoms with Gasteiger partial charge in [0.15, 0.2) is 0 Å². The van der Waals surface area contributed by atoms with Gasteiger partial charge in [-0.25, -0.2) is 0 Å². The summed E-state index contributed by atoms with van der Waals surface area (Å²) in [5.74, 6) is 0.921. The first-order valence-electron chi connectivity index (χ1n) is 5.88. The SMILES string of the molecule is CSCCCNC(=O)c1sc2cccc(Cl)c2c1N. The number of hydrogen-bond donors (Lipinski definition) is 2. The molecule has 102 valence electrons. The monoisotopic (exact) mass is 314 g/mol. The summed E-state index contributed by atoms with van der Waals surface area (Å²) >= 11 is 9.27. The van der Waals surface area contributed by atoms with Gasteiger partial charge >= 0.3 is 0 Å². The topological polar surface area (TPSA) is 55.1 Å². The van der Waals surface area contributed by atoms with Crippen molar-refractivity contribution in [2.45, 2.75) is 6.42 Å². The molecule has 0 aliphatic rings. The summed E-state index contributed by atoms with van der Waals surface area (Å²) in [6.45, 7) is 0.668. The Morgan fingerprint density at radius 3 is 3.00 bits per heavy atom. The molecule has 3 N–H and O–H groups in total. The zero-order chi connectivity index (χ0) is 13.8. The summed E-state index contributed by atoms with van der Waals surface area (Å²) in [7, 11) is 0. The summed E-state index contributed by atoms with van der Waals surface area (Å²) in [6.07, 6.45) is 3.01. The molecule has 0 unspecified atom stereocenters. The Bertz CT molecular complexity index is 598. The molecule has 1 amide bonds. The Morgan fingerprint density at radius 1 is 1.53 bits per heavy atom. The highest BCUT2D eigenvalue weighted by atomic mass is 35.5. The average Bonchev–Trinajstić information content (AvgIpc) is 2.73. The van der Waals surface area contributed by atoms with E-state index in [2.05, 4.69) is 5.32 Å². The lowest BCUT2D eigenvalue weighted by Crippen LogP contribution is -2.24. The lowest BCUT2D eigenvalue weighted by molar-refractivity contribution is 0.0958. The maximum atomic E-state index is 12.1. The Balaban J connectivity index is 2.18. The largest absolute Gasteiger partial charge is 0.397 e. The van der Waals surface area contributed by atoms with Crippen LogP contribution < -0.4 is 11.1 Å². The molecule has 0 spiro atoms. The van der Waals surface area contributed by atoms with Crippen LogP contribution in [0.4, 0.5) is 5.69 Å². The number of carbonyl (C=O) groups is 1. The van der Waals surface area contributed by atoms with Gasteiger partial charge in [-0.05, 0) is 30.6 Å². The van der Waals surface area contributed by atoms with Crippen molar-refractivity contribution in [3.63, 3.8) is 0 Å². The number of benzene rings is 1. The highest BCUT2D eigenvalue weighted by Gasteiger charge is 2.17. The third-order valence-corrected chi connectivity index (χ3v) is 4.90. The van der Waals surface area contributed by atoms with Crippen molar-refractivity contribution in [2.75, 3.05) is 24.3 Å². The van der Waals surface area contributed by atoms with E-state index in [1.807, 2.05) is 18.4 Å². The molecule has 0 aliphatic carbocycles. The molecule has 0 saturated heterocycles. The second kappa shape index (κ2) is 6.50. The van der Waals surface area contributed by atoms with Crippen LogP contribution in [0.1, 0.15) is 16.1 Å². The molecule has 0 radical (unpaired) electrons. The van der Waals surface area contributed by atoms with Crippen molar-refractivity contribution in [3.05, 3.63) is 28.1 Å². The van der Waals surface area contributed by atoms with Gasteiger partial charge in [0.05, 0.1) is 10.7 Å². The molecule has 6 heteroatoms. The Hall–Kier alpha value is -0.910. The molecule has 0 fully saturated rings. The smallest absolute Gasteiger partial charge is 0.263 e. The fourth-order valence-electron chi connectivity index (χ4n) is 1.80. The minimum Gasteiger partial charge on any atom is -0.397 e. The van der Waals surface area contributed by atoms with Gasteiger partial charge < -0.3 is 11.1 Å². The molecular weight excluding hydrogens is 300 g/mol. The van der Waals surface area contributed by atoms with Gasteiger partial charge in [0.1, 0.15) is 4.88 Å². The molecule has 0 saturated carbocycles. The molecular formula is C13H15ClN2OS2. The van der Waals surface area contributed by atoms with Crippen LogP contribution in [0.25, 0.3) is 10.1 Å². The number of fused-ring (bicyclic) bond motifs is 1. The lowest BCUT2D eigenvalue weighted by atomic mass is 10.2. The van der Waals surface area contributed by atoms with E-state index in [1.165, 1.54) is 11.3 Å². The molecule has 1 heterocycles. The van der Waals surface area contributed by atoms with Crippen LogP contribution >= 0.6 is 34.7 Å². The summed E-state index contributed by atoms with van der Waals surface area (Å²) in [5.41, 5.74) is 6.51. The minimum atomic E-state index is -0.115. The van der Waals surface area contributed by atoms with Gasteiger partial charge in [-0.1, -0.05) is 17.7 Å². The molecule has 2 aromatic rings. The number of halogens is 1. The predicted molar refractivity (Wildman–Crippen MR) is 86.6 cm³/mol. The molecule has 0 aliphatic heterocycles. The first kappa shape index (κ1) is 14.5. The van der Waals surface area contributed by atoms with Crippen molar-refractivity contribution in [1.29, 1.82) is 0 Å². The van der Waals surface area contributed by atoms with Crippen molar-refractivity contribution >= 4 is 56.4 Å². The van der Waals surface area contributed by atoms with Gasteiger partial charge in [-0.3, -0.25) is 4.79 Å². The first-order chi connectivity index (χ1) is 9.15. The van der Waals surface area contributed by atoms with Crippen LogP contribution in [0.15, 0.2) is 18.2 Å². The molecule has 0 atom stereocenters. The number of thioether (sulfide) groups is 1. The number of nitrogen functional groups attached to an aromatic ring is 1. The number of hydrogen-bond acceptors (Lipinski definition) is 4. The number of nitrogens with one attached hydrogen (secondary N) is 1. The fourth-order valence-corrected chi connectivity index (χ4v) is 3.63. The van der Waals surface area contributed by atoms with Crippen LogP contribution in [0.5, 0.6) is 0 Å². The van der Waals surface area contributed by atoms with E-state index in [0.717, 1.165) is 22.3 Å². The number of thiophene rings is 1. The highest BCUT2D eigenvalue weighted by Crippen LogP contribution is 2.37. The molecule has 2 rings (SSSR count). The normalized spacial score (nSPS) is 10.8. The van der Waals surface area contributed by atoms with E-state index in [0.29, 0.717) is 22.1 Å². The van der Waals surface area contributed by atoms with Crippen molar-refractivity contribution in [1.82, 2.24) is 5.32 Å². The number of nitrogens with two attached hydrogens (primary N) is 1. The molecule has 3 nitrogen and oxygen atoms in total. The molecule has 19 heavy (non-hydrogen) atoms. The average molecular weight is 315 g/mol. The van der Waals surface area contributed by atoms with Crippen LogP contribution in [-0.4, -0.2) is 24.5 Å². The zero-order valence-electron chi connectivity index (χ0n) is 10.5. The van der Waals surface area contributed by atoms with Crippen LogP contribution in [0, 0.1) is 0 Å². The number of anilines is 1. The predicted octanol–water partition coefficient (Wildman–Crippen LogP) is 3.62. The van der Waals surface area contributed by atoms with Crippen molar-refractivity contribution in [2.24, 2.45) is 0 Å². The van der Waals surface area contributed by atoms with Gasteiger partial charge in [0, 0.05) is 16.6 Å². The maximum Gasteiger partial charge on any atom is 0.263 e. The minimum absolute atomic E-state index is 0.115. The molecule has 1 aromatic carbocycles. The summed E-state index contributed by atoms with van der Waals surface area (Å²) < 4.78 is 0.944. The summed E-state index contributed by atoms with van der Waals surface area (Å²) in [6, 6.07) is 5.57. The second-order valence-corrected chi connectivity index (χ2v) is 6.51. The number of amides is 1. The van der Waals surface area contributed by atoms with E-state index in [-0.39, 0.29) is 5.91 Å². The fraction of sp³-hybridized carbons (Fsp3) is 0.308. The van der Waals surface area contributed by atoms with E-state index >= 15 is 0 Å². The van der Waals surface area contributed by atoms with Crippen LogP contribution in [-0.2, 0) is 0 Å².